The van der Waals surface area contributed by atoms with E-state index in [1.54, 1.807) is 7.11 Å². The first kappa shape index (κ1) is 10.3. The van der Waals surface area contributed by atoms with Crippen LogP contribution in [0.4, 0.5) is 0 Å². The van der Waals surface area contributed by atoms with E-state index in [1.807, 2.05) is 31.2 Å². The fourth-order valence-electron chi connectivity index (χ4n) is 1.04. The van der Waals surface area contributed by atoms with Crippen molar-refractivity contribution >= 4 is 17.8 Å². The largest absolute Gasteiger partial charge is 0.314 e. The molecule has 0 aliphatic carbocycles. The van der Waals surface area contributed by atoms with Crippen molar-refractivity contribution in [2.45, 2.75) is 18.2 Å². The van der Waals surface area contributed by atoms with Gasteiger partial charge in [-0.25, -0.2) is 0 Å². The van der Waals surface area contributed by atoms with E-state index >= 15 is 0 Å². The lowest BCUT2D eigenvalue weighted by molar-refractivity contribution is 0.490. The van der Waals surface area contributed by atoms with E-state index in [0.717, 1.165) is 16.9 Å². The van der Waals surface area contributed by atoms with Crippen LogP contribution >= 0.6 is 12.0 Å². The standard InChI is InChI=1S/C10H13NOS/c1-3-10(11)8-5-4-6-9(7-8)13-12-2/h4-7,11H,3H2,1-2H3. The highest BCUT2D eigenvalue weighted by atomic mass is 32.2. The van der Waals surface area contributed by atoms with Crippen molar-refractivity contribution in [1.29, 1.82) is 5.41 Å². The highest BCUT2D eigenvalue weighted by molar-refractivity contribution is 7.94. The molecule has 1 aromatic rings. The number of nitrogens with one attached hydrogen (secondary N) is 1. The number of hydrogen-bond acceptors (Lipinski definition) is 3. The molecule has 1 aromatic carbocycles. The van der Waals surface area contributed by atoms with E-state index in [0.29, 0.717) is 5.71 Å². The van der Waals surface area contributed by atoms with Crippen LogP contribution in [0.3, 0.4) is 0 Å². The van der Waals surface area contributed by atoms with Crippen molar-refractivity contribution in [3.8, 4) is 0 Å². The molecule has 0 aromatic heterocycles. The normalized spacial score (nSPS) is 10.0. The van der Waals surface area contributed by atoms with Crippen LogP contribution in [0, 0.1) is 5.41 Å². The quantitative estimate of drug-likeness (QED) is 0.591. The van der Waals surface area contributed by atoms with Crippen LogP contribution in [0.5, 0.6) is 0 Å². The summed E-state index contributed by atoms with van der Waals surface area (Å²) in [5.74, 6) is 0. The third-order valence-electron chi connectivity index (χ3n) is 1.72. The molecule has 13 heavy (non-hydrogen) atoms. The van der Waals surface area contributed by atoms with Crippen LogP contribution in [0.1, 0.15) is 18.9 Å². The zero-order valence-electron chi connectivity index (χ0n) is 7.83. The minimum atomic E-state index is 0.665. The van der Waals surface area contributed by atoms with Gasteiger partial charge in [0.25, 0.3) is 0 Å². The molecule has 0 bridgehead atoms. The molecule has 1 N–H and O–H groups in total. The molecule has 0 amide bonds. The molecule has 0 aliphatic rings. The first-order chi connectivity index (χ1) is 6.27. The van der Waals surface area contributed by atoms with Crippen LogP contribution in [0.15, 0.2) is 29.2 Å². The maximum atomic E-state index is 7.66. The van der Waals surface area contributed by atoms with Gasteiger partial charge in [-0.1, -0.05) is 19.1 Å². The van der Waals surface area contributed by atoms with Crippen LogP contribution in [0.2, 0.25) is 0 Å². The number of benzene rings is 1. The third kappa shape index (κ3) is 2.86. The first-order valence-electron chi connectivity index (χ1n) is 4.16. The summed E-state index contributed by atoms with van der Waals surface area (Å²) in [6, 6.07) is 7.84. The lowest BCUT2D eigenvalue weighted by Crippen LogP contribution is -1.95. The number of rotatable bonds is 4. The molecule has 0 saturated carbocycles. The fourth-order valence-corrected chi connectivity index (χ4v) is 1.54. The van der Waals surface area contributed by atoms with E-state index in [-0.39, 0.29) is 0 Å². The Hall–Kier alpha value is -0.800. The van der Waals surface area contributed by atoms with Crippen molar-refractivity contribution in [1.82, 2.24) is 0 Å². The predicted molar refractivity (Wildman–Crippen MR) is 56.4 cm³/mol. The summed E-state index contributed by atoms with van der Waals surface area (Å²) in [6.45, 7) is 1.98. The molecule has 0 fully saturated rings. The van der Waals surface area contributed by atoms with Gasteiger partial charge in [-0.3, -0.25) is 0 Å². The molecule has 70 valence electrons. The molecular weight excluding hydrogens is 182 g/mol. The summed E-state index contributed by atoms with van der Waals surface area (Å²) in [6.07, 6.45) is 0.765. The molecule has 0 heterocycles. The van der Waals surface area contributed by atoms with Crippen molar-refractivity contribution in [2.75, 3.05) is 7.11 Å². The predicted octanol–water partition coefficient (Wildman–Crippen LogP) is 3.12. The highest BCUT2D eigenvalue weighted by Gasteiger charge is 2.00. The second-order valence-corrected chi connectivity index (χ2v) is 3.58. The highest BCUT2D eigenvalue weighted by Crippen LogP contribution is 2.19. The Morgan fingerprint density at radius 2 is 2.31 bits per heavy atom. The summed E-state index contributed by atoms with van der Waals surface area (Å²) < 4.78 is 4.94. The fraction of sp³-hybridized carbons (Fsp3) is 0.300. The van der Waals surface area contributed by atoms with Gasteiger partial charge in [0.1, 0.15) is 0 Å². The Kier molecular flexibility index (Phi) is 3.99. The topological polar surface area (TPSA) is 33.1 Å². The van der Waals surface area contributed by atoms with E-state index in [1.165, 1.54) is 12.0 Å². The smallest absolute Gasteiger partial charge is 0.0508 e. The van der Waals surface area contributed by atoms with Gasteiger partial charge in [0, 0.05) is 22.6 Å². The molecule has 0 spiro atoms. The summed E-state index contributed by atoms with van der Waals surface area (Å²) in [5.41, 5.74) is 1.64. The van der Waals surface area contributed by atoms with E-state index in [4.69, 9.17) is 9.59 Å². The number of hydrogen-bond donors (Lipinski definition) is 1. The molecule has 2 nitrogen and oxygen atoms in total. The summed E-state index contributed by atoms with van der Waals surface area (Å²) in [5, 5.41) is 7.66. The van der Waals surface area contributed by atoms with Gasteiger partial charge in [0.15, 0.2) is 0 Å². The lowest BCUT2D eigenvalue weighted by atomic mass is 10.1. The maximum Gasteiger partial charge on any atom is 0.0508 e. The van der Waals surface area contributed by atoms with Gasteiger partial charge in [0.05, 0.1) is 7.11 Å². The Bertz CT molecular complexity index is 299. The maximum absolute atomic E-state index is 7.66. The van der Waals surface area contributed by atoms with Crippen molar-refractivity contribution in [3.05, 3.63) is 29.8 Å². The average Bonchev–Trinajstić information content (AvgIpc) is 2.18. The van der Waals surface area contributed by atoms with Crippen molar-refractivity contribution in [3.63, 3.8) is 0 Å². The Morgan fingerprint density at radius 3 is 2.92 bits per heavy atom. The van der Waals surface area contributed by atoms with Gasteiger partial charge in [-0.2, -0.15) is 0 Å². The van der Waals surface area contributed by atoms with Crippen molar-refractivity contribution < 1.29 is 4.18 Å². The molecular formula is C10H13NOS. The minimum Gasteiger partial charge on any atom is -0.314 e. The molecule has 0 radical (unpaired) electrons. The molecule has 3 heteroatoms. The summed E-state index contributed by atoms with van der Waals surface area (Å²) in [7, 11) is 1.64. The van der Waals surface area contributed by atoms with E-state index < -0.39 is 0 Å². The monoisotopic (exact) mass is 195 g/mol. The van der Waals surface area contributed by atoms with E-state index in [2.05, 4.69) is 0 Å². The van der Waals surface area contributed by atoms with E-state index in [9.17, 15) is 0 Å². The molecule has 0 atom stereocenters. The summed E-state index contributed by atoms with van der Waals surface area (Å²) in [4.78, 5) is 1.04. The first-order valence-corrected chi connectivity index (χ1v) is 4.90. The zero-order chi connectivity index (χ0) is 9.68. The Labute approximate surface area is 83.0 Å². The minimum absolute atomic E-state index is 0.665. The molecule has 0 unspecified atom stereocenters. The summed E-state index contributed by atoms with van der Waals surface area (Å²) >= 11 is 1.32. The second kappa shape index (κ2) is 5.04. The van der Waals surface area contributed by atoms with Gasteiger partial charge in [-0.05, 0) is 24.1 Å². The van der Waals surface area contributed by atoms with Gasteiger partial charge in [0.2, 0.25) is 0 Å². The Balaban J connectivity index is 2.85. The van der Waals surface area contributed by atoms with Crippen LogP contribution in [-0.2, 0) is 4.18 Å². The molecule has 0 aliphatic heterocycles. The SMILES string of the molecule is CCC(=N)c1cccc(SOC)c1. The van der Waals surface area contributed by atoms with Crippen LogP contribution < -0.4 is 0 Å². The van der Waals surface area contributed by atoms with Gasteiger partial charge in [-0.15, -0.1) is 0 Å². The third-order valence-corrected chi connectivity index (χ3v) is 2.33. The molecule has 1 rings (SSSR count). The zero-order valence-corrected chi connectivity index (χ0v) is 8.65. The molecule has 0 saturated heterocycles. The second-order valence-electron chi connectivity index (χ2n) is 2.61. The van der Waals surface area contributed by atoms with Crippen LogP contribution in [0.25, 0.3) is 0 Å². The van der Waals surface area contributed by atoms with Crippen molar-refractivity contribution in [2.24, 2.45) is 0 Å². The van der Waals surface area contributed by atoms with Crippen LogP contribution in [-0.4, -0.2) is 12.8 Å². The Morgan fingerprint density at radius 1 is 1.54 bits per heavy atom. The van der Waals surface area contributed by atoms with Gasteiger partial charge < -0.3 is 9.59 Å². The van der Waals surface area contributed by atoms with Gasteiger partial charge >= 0.3 is 0 Å². The average molecular weight is 195 g/mol. The lowest BCUT2D eigenvalue weighted by Gasteiger charge is -2.03.